The maximum Gasteiger partial charge on any atom is 0.338 e. The van der Waals surface area contributed by atoms with Gasteiger partial charge in [-0.2, -0.15) is 0 Å². The molecule has 150 valence electrons. The summed E-state index contributed by atoms with van der Waals surface area (Å²) in [6, 6.07) is 13.3. The summed E-state index contributed by atoms with van der Waals surface area (Å²) in [5, 5.41) is 0. The number of ether oxygens (including phenoxy) is 3. The topological polar surface area (TPSA) is 82.1 Å². The van der Waals surface area contributed by atoms with E-state index in [0.29, 0.717) is 29.0 Å². The first-order chi connectivity index (χ1) is 14.1. The van der Waals surface area contributed by atoms with E-state index in [0.717, 1.165) is 24.3 Å². The zero-order chi connectivity index (χ0) is 20.2. The molecule has 1 atom stereocenters. The van der Waals surface area contributed by atoms with E-state index in [-0.39, 0.29) is 31.1 Å². The van der Waals surface area contributed by atoms with Crippen LogP contribution in [0.5, 0.6) is 5.75 Å². The quantitative estimate of drug-likeness (QED) is 0.530. The summed E-state index contributed by atoms with van der Waals surface area (Å²) in [6.45, 7) is 1.21. The number of fused-ring (bicyclic) bond motifs is 1. The Morgan fingerprint density at radius 1 is 1.03 bits per heavy atom. The van der Waals surface area contributed by atoms with E-state index in [4.69, 9.17) is 14.2 Å². The number of nitrogens with zero attached hydrogens (tertiary/aromatic N) is 1. The second-order valence-electron chi connectivity index (χ2n) is 6.91. The first kappa shape index (κ1) is 19.1. The lowest BCUT2D eigenvalue weighted by atomic mass is 10.1. The highest BCUT2D eigenvalue weighted by molar-refractivity contribution is 6.21. The third kappa shape index (κ3) is 4.14. The van der Waals surface area contributed by atoms with Crippen LogP contribution in [-0.4, -0.2) is 55.2 Å². The highest BCUT2D eigenvalue weighted by Crippen LogP contribution is 2.22. The van der Waals surface area contributed by atoms with E-state index in [1.165, 1.54) is 0 Å². The standard InChI is InChI=1S/C22H21NO6/c24-20-18-5-1-2-6-19(18)21(25)23(20)11-13-28-22(26)15-7-9-16(10-8-15)29-14-17-4-3-12-27-17/h1-2,5-10,17H,3-4,11-14H2/t17-/m0/s1. The minimum Gasteiger partial charge on any atom is -0.491 e. The largest absolute Gasteiger partial charge is 0.491 e. The summed E-state index contributed by atoms with van der Waals surface area (Å²) in [5.41, 5.74) is 1.13. The zero-order valence-electron chi connectivity index (χ0n) is 15.8. The highest BCUT2D eigenvalue weighted by atomic mass is 16.5. The third-order valence-electron chi connectivity index (χ3n) is 4.98. The molecule has 0 saturated carbocycles. The second kappa shape index (κ2) is 8.45. The van der Waals surface area contributed by atoms with Gasteiger partial charge < -0.3 is 14.2 Å². The van der Waals surface area contributed by atoms with Gasteiger partial charge in [0.2, 0.25) is 0 Å². The minimum atomic E-state index is -0.521. The summed E-state index contributed by atoms with van der Waals surface area (Å²) < 4.78 is 16.4. The molecule has 7 heteroatoms. The summed E-state index contributed by atoms with van der Waals surface area (Å²) in [5.74, 6) is -0.598. The van der Waals surface area contributed by atoms with Gasteiger partial charge in [-0.15, -0.1) is 0 Å². The van der Waals surface area contributed by atoms with E-state index >= 15 is 0 Å². The number of imide groups is 1. The van der Waals surface area contributed by atoms with Crippen LogP contribution in [0.4, 0.5) is 0 Å². The Balaban J connectivity index is 1.26. The van der Waals surface area contributed by atoms with Crippen molar-refractivity contribution in [1.29, 1.82) is 0 Å². The van der Waals surface area contributed by atoms with Crippen LogP contribution in [0, 0.1) is 0 Å². The van der Waals surface area contributed by atoms with Gasteiger partial charge in [0.25, 0.3) is 11.8 Å². The van der Waals surface area contributed by atoms with Crippen molar-refractivity contribution in [3.05, 3.63) is 65.2 Å². The van der Waals surface area contributed by atoms with Crippen LogP contribution in [0.25, 0.3) is 0 Å². The predicted octanol–water partition coefficient (Wildman–Crippen LogP) is 2.70. The maximum absolute atomic E-state index is 12.3. The molecule has 29 heavy (non-hydrogen) atoms. The SMILES string of the molecule is O=C(OCCN1C(=O)c2ccccc2C1=O)c1ccc(OC[C@@H]2CCCO2)cc1. The Hall–Kier alpha value is -3.19. The van der Waals surface area contributed by atoms with E-state index in [1.807, 2.05) is 0 Å². The number of carbonyl (C=O) groups is 3. The molecule has 0 aliphatic carbocycles. The van der Waals surface area contributed by atoms with Crippen LogP contribution in [0.2, 0.25) is 0 Å². The molecule has 0 N–H and O–H groups in total. The van der Waals surface area contributed by atoms with Gasteiger partial charge in [-0.3, -0.25) is 14.5 Å². The molecule has 2 aromatic rings. The Kier molecular flexibility index (Phi) is 5.57. The van der Waals surface area contributed by atoms with Gasteiger partial charge in [-0.25, -0.2) is 4.79 Å². The molecule has 1 saturated heterocycles. The second-order valence-corrected chi connectivity index (χ2v) is 6.91. The molecule has 2 aliphatic heterocycles. The van der Waals surface area contributed by atoms with E-state index in [1.54, 1.807) is 48.5 Å². The Morgan fingerprint density at radius 3 is 2.34 bits per heavy atom. The summed E-state index contributed by atoms with van der Waals surface area (Å²) in [4.78, 5) is 37.9. The summed E-state index contributed by atoms with van der Waals surface area (Å²) >= 11 is 0. The minimum absolute atomic E-state index is 0.0146. The molecular formula is C22H21NO6. The average Bonchev–Trinajstić information content (AvgIpc) is 3.35. The van der Waals surface area contributed by atoms with Crippen molar-refractivity contribution >= 4 is 17.8 Å². The van der Waals surface area contributed by atoms with Crippen LogP contribution in [-0.2, 0) is 9.47 Å². The van der Waals surface area contributed by atoms with Crippen molar-refractivity contribution in [2.24, 2.45) is 0 Å². The van der Waals surface area contributed by atoms with Gasteiger partial charge >= 0.3 is 5.97 Å². The smallest absolute Gasteiger partial charge is 0.338 e. The molecule has 0 aromatic heterocycles. The number of hydrogen-bond acceptors (Lipinski definition) is 6. The van der Waals surface area contributed by atoms with Gasteiger partial charge in [0.05, 0.1) is 29.3 Å². The van der Waals surface area contributed by atoms with Crippen LogP contribution >= 0.6 is 0 Å². The molecule has 0 spiro atoms. The van der Waals surface area contributed by atoms with Gasteiger partial charge in [-0.05, 0) is 49.2 Å². The molecule has 2 aromatic carbocycles. The van der Waals surface area contributed by atoms with Gasteiger partial charge in [0.1, 0.15) is 19.0 Å². The number of rotatable bonds is 7. The van der Waals surface area contributed by atoms with E-state index in [2.05, 4.69) is 0 Å². The van der Waals surface area contributed by atoms with Crippen molar-refractivity contribution in [3.8, 4) is 5.75 Å². The molecule has 4 rings (SSSR count). The first-order valence-electron chi connectivity index (χ1n) is 9.60. The molecule has 2 aliphatic rings. The monoisotopic (exact) mass is 395 g/mol. The zero-order valence-corrected chi connectivity index (χ0v) is 15.8. The number of esters is 1. The Labute approximate surface area is 168 Å². The lowest BCUT2D eigenvalue weighted by Crippen LogP contribution is -2.33. The summed E-state index contributed by atoms with van der Waals surface area (Å²) in [7, 11) is 0. The van der Waals surface area contributed by atoms with Crippen LogP contribution < -0.4 is 4.74 Å². The lowest BCUT2D eigenvalue weighted by Gasteiger charge is -2.14. The average molecular weight is 395 g/mol. The van der Waals surface area contributed by atoms with Gasteiger partial charge in [0.15, 0.2) is 0 Å². The number of hydrogen-bond donors (Lipinski definition) is 0. The molecule has 1 fully saturated rings. The first-order valence-corrected chi connectivity index (χ1v) is 9.60. The van der Waals surface area contributed by atoms with Gasteiger partial charge in [0, 0.05) is 6.61 Å². The predicted molar refractivity (Wildman–Crippen MR) is 103 cm³/mol. The van der Waals surface area contributed by atoms with Crippen LogP contribution in [0.1, 0.15) is 43.9 Å². The van der Waals surface area contributed by atoms with Crippen molar-refractivity contribution in [3.63, 3.8) is 0 Å². The fraction of sp³-hybridized carbons (Fsp3) is 0.318. The van der Waals surface area contributed by atoms with Crippen molar-refractivity contribution in [2.75, 3.05) is 26.4 Å². The lowest BCUT2D eigenvalue weighted by molar-refractivity contribution is 0.0420. The van der Waals surface area contributed by atoms with Gasteiger partial charge in [-0.1, -0.05) is 12.1 Å². The number of benzene rings is 2. The Morgan fingerprint density at radius 2 is 1.72 bits per heavy atom. The molecule has 2 heterocycles. The summed E-state index contributed by atoms with van der Waals surface area (Å²) in [6.07, 6.45) is 2.18. The molecule has 0 bridgehead atoms. The number of amides is 2. The number of carbonyl (C=O) groups excluding carboxylic acids is 3. The van der Waals surface area contributed by atoms with Crippen LogP contribution in [0.3, 0.4) is 0 Å². The molecule has 0 unspecified atom stereocenters. The maximum atomic E-state index is 12.3. The van der Waals surface area contributed by atoms with Crippen molar-refractivity contribution in [1.82, 2.24) is 4.90 Å². The molecule has 7 nitrogen and oxygen atoms in total. The normalized spacial score (nSPS) is 18.1. The molecular weight excluding hydrogens is 374 g/mol. The Bertz CT molecular complexity index is 882. The fourth-order valence-electron chi connectivity index (χ4n) is 3.41. The molecule has 0 radical (unpaired) electrons. The molecule has 2 amide bonds. The van der Waals surface area contributed by atoms with E-state index < -0.39 is 5.97 Å². The fourth-order valence-corrected chi connectivity index (χ4v) is 3.41. The van der Waals surface area contributed by atoms with Crippen LogP contribution in [0.15, 0.2) is 48.5 Å². The van der Waals surface area contributed by atoms with Crippen molar-refractivity contribution < 1.29 is 28.6 Å². The highest BCUT2D eigenvalue weighted by Gasteiger charge is 2.34. The van der Waals surface area contributed by atoms with E-state index in [9.17, 15) is 14.4 Å². The van der Waals surface area contributed by atoms with Crippen molar-refractivity contribution in [2.45, 2.75) is 18.9 Å². The third-order valence-corrected chi connectivity index (χ3v) is 4.98.